The molecule has 0 unspecified atom stereocenters. The first-order chi connectivity index (χ1) is 12.5. The number of fused-ring (bicyclic) bond motifs is 4. The van der Waals surface area contributed by atoms with Gasteiger partial charge < -0.3 is 15.0 Å². The Labute approximate surface area is 153 Å². The minimum atomic E-state index is -3.70. The maximum Gasteiger partial charge on any atom is 0.340 e. The first-order valence-electron chi connectivity index (χ1n) is 8.97. The SMILES string of the molecule is COC(=O)c1cccc2c1N(CCN[C@@H]1CN3CCC1CC3)S(=O)(=O)N2. The summed E-state index contributed by atoms with van der Waals surface area (Å²) in [6, 6.07) is 5.29. The topological polar surface area (TPSA) is 91.0 Å². The summed E-state index contributed by atoms with van der Waals surface area (Å²) in [5.74, 6) is 0.127. The molecule has 0 aliphatic carbocycles. The van der Waals surface area contributed by atoms with Crippen LogP contribution in [0.15, 0.2) is 18.2 Å². The van der Waals surface area contributed by atoms with Gasteiger partial charge in [-0.25, -0.2) is 9.10 Å². The van der Waals surface area contributed by atoms with E-state index in [4.69, 9.17) is 4.74 Å². The Bertz CT molecular complexity index is 805. The number of nitrogens with one attached hydrogen (secondary N) is 2. The predicted octanol–water partition coefficient (Wildman–Crippen LogP) is 0.634. The quantitative estimate of drug-likeness (QED) is 0.729. The van der Waals surface area contributed by atoms with E-state index < -0.39 is 16.2 Å². The normalized spacial score (nSPS) is 28.5. The summed E-state index contributed by atoms with van der Waals surface area (Å²) >= 11 is 0. The number of para-hydroxylation sites is 1. The number of hydrogen-bond donors (Lipinski definition) is 2. The van der Waals surface area contributed by atoms with Crippen molar-refractivity contribution in [2.75, 3.05) is 48.9 Å². The van der Waals surface area contributed by atoms with Crippen LogP contribution in [0.3, 0.4) is 0 Å². The van der Waals surface area contributed by atoms with Crippen LogP contribution in [-0.2, 0) is 14.9 Å². The standard InChI is InChI=1S/C17H24N4O4S/c1-25-17(22)13-3-2-4-14-16(13)21(26(23,24)19-14)10-7-18-15-11-20-8-5-12(15)6-9-20/h2-4,12,15,18-19H,5-11H2,1H3/t15-/m1/s1. The number of esters is 1. The van der Waals surface area contributed by atoms with Crippen LogP contribution >= 0.6 is 0 Å². The first kappa shape index (κ1) is 17.6. The van der Waals surface area contributed by atoms with Crippen molar-refractivity contribution < 1.29 is 17.9 Å². The zero-order chi connectivity index (χ0) is 18.3. The van der Waals surface area contributed by atoms with Gasteiger partial charge in [0.25, 0.3) is 0 Å². The number of ether oxygens (including phenoxy) is 1. The molecule has 1 aromatic rings. The largest absolute Gasteiger partial charge is 0.465 e. The van der Waals surface area contributed by atoms with Crippen LogP contribution in [0, 0.1) is 5.92 Å². The van der Waals surface area contributed by atoms with Gasteiger partial charge in [-0.15, -0.1) is 0 Å². The molecule has 9 heteroatoms. The Morgan fingerprint density at radius 2 is 2.12 bits per heavy atom. The maximum absolute atomic E-state index is 12.5. The Morgan fingerprint density at radius 1 is 1.35 bits per heavy atom. The van der Waals surface area contributed by atoms with E-state index in [1.807, 2.05) is 0 Å². The van der Waals surface area contributed by atoms with E-state index in [9.17, 15) is 13.2 Å². The summed E-state index contributed by atoms with van der Waals surface area (Å²) in [7, 11) is -2.41. The Kier molecular flexibility index (Phi) is 4.54. The van der Waals surface area contributed by atoms with Crippen LogP contribution in [0.5, 0.6) is 0 Å². The predicted molar refractivity (Wildman–Crippen MR) is 98.6 cm³/mol. The molecule has 3 fully saturated rings. The Balaban J connectivity index is 1.49. The number of hydrogen-bond acceptors (Lipinski definition) is 6. The molecule has 142 valence electrons. The third kappa shape index (κ3) is 3.04. The minimum absolute atomic E-state index is 0.251. The van der Waals surface area contributed by atoms with Gasteiger partial charge in [-0.1, -0.05) is 6.07 Å². The van der Waals surface area contributed by atoms with Gasteiger partial charge >= 0.3 is 16.2 Å². The number of rotatable bonds is 5. The molecule has 4 aliphatic heterocycles. The van der Waals surface area contributed by atoms with E-state index in [1.165, 1.54) is 37.3 Å². The minimum Gasteiger partial charge on any atom is -0.465 e. The van der Waals surface area contributed by atoms with Gasteiger partial charge in [-0.3, -0.25) is 4.72 Å². The van der Waals surface area contributed by atoms with Crippen molar-refractivity contribution in [2.24, 2.45) is 5.92 Å². The Morgan fingerprint density at radius 3 is 2.77 bits per heavy atom. The molecular weight excluding hydrogens is 356 g/mol. The van der Waals surface area contributed by atoms with E-state index in [-0.39, 0.29) is 12.1 Å². The molecule has 0 aromatic heterocycles. The maximum atomic E-state index is 12.5. The van der Waals surface area contributed by atoms with Crippen LogP contribution in [-0.4, -0.2) is 65.2 Å². The highest BCUT2D eigenvalue weighted by Crippen LogP contribution is 2.38. The number of carbonyl (C=O) groups is 1. The van der Waals surface area contributed by atoms with Crippen molar-refractivity contribution in [2.45, 2.75) is 18.9 Å². The fourth-order valence-corrected chi connectivity index (χ4v) is 5.58. The second kappa shape index (κ2) is 6.71. The summed E-state index contributed by atoms with van der Waals surface area (Å²) in [6.45, 7) is 4.16. The van der Waals surface area contributed by atoms with Crippen LogP contribution in [0.4, 0.5) is 11.4 Å². The fourth-order valence-electron chi connectivity index (χ4n) is 4.26. The van der Waals surface area contributed by atoms with Crippen molar-refractivity contribution >= 4 is 27.6 Å². The summed E-state index contributed by atoms with van der Waals surface area (Å²) in [5.41, 5.74) is 1.03. The summed E-state index contributed by atoms with van der Waals surface area (Å²) in [5, 5.41) is 3.52. The summed E-state index contributed by atoms with van der Waals surface area (Å²) < 4.78 is 33.6. The molecule has 0 amide bonds. The van der Waals surface area contributed by atoms with Crippen molar-refractivity contribution in [3.05, 3.63) is 23.8 Å². The van der Waals surface area contributed by atoms with Gasteiger partial charge in [0.1, 0.15) is 0 Å². The molecule has 0 spiro atoms. The number of anilines is 2. The van der Waals surface area contributed by atoms with E-state index in [1.54, 1.807) is 18.2 Å². The van der Waals surface area contributed by atoms with E-state index in [2.05, 4.69) is 14.9 Å². The highest BCUT2D eigenvalue weighted by molar-refractivity contribution is 7.94. The van der Waals surface area contributed by atoms with Crippen molar-refractivity contribution in [3.63, 3.8) is 0 Å². The number of benzene rings is 1. The lowest BCUT2D eigenvalue weighted by atomic mass is 9.84. The van der Waals surface area contributed by atoms with Gasteiger partial charge in [0.15, 0.2) is 0 Å². The number of methoxy groups -OCH3 is 1. The molecular formula is C17H24N4O4S. The lowest BCUT2D eigenvalue weighted by molar-refractivity contribution is 0.0601. The molecule has 0 saturated carbocycles. The van der Waals surface area contributed by atoms with Gasteiger partial charge in [0, 0.05) is 25.7 Å². The number of carbonyl (C=O) groups excluding carboxylic acids is 1. The van der Waals surface area contributed by atoms with E-state index in [0.717, 1.165) is 6.54 Å². The zero-order valence-corrected chi connectivity index (χ0v) is 15.6. The molecule has 2 bridgehead atoms. The van der Waals surface area contributed by atoms with Crippen LogP contribution in [0.2, 0.25) is 0 Å². The molecule has 1 atom stereocenters. The van der Waals surface area contributed by atoms with Crippen LogP contribution in [0.1, 0.15) is 23.2 Å². The average Bonchev–Trinajstić information content (AvgIpc) is 2.92. The molecule has 8 nitrogen and oxygen atoms in total. The van der Waals surface area contributed by atoms with E-state index in [0.29, 0.717) is 29.9 Å². The van der Waals surface area contributed by atoms with Crippen molar-refractivity contribution in [1.29, 1.82) is 0 Å². The smallest absolute Gasteiger partial charge is 0.340 e. The van der Waals surface area contributed by atoms with Crippen molar-refractivity contribution in [3.8, 4) is 0 Å². The third-order valence-corrected chi connectivity index (χ3v) is 7.02. The number of nitrogens with zero attached hydrogens (tertiary/aromatic N) is 2. The van der Waals surface area contributed by atoms with Crippen LogP contribution in [0.25, 0.3) is 0 Å². The van der Waals surface area contributed by atoms with Crippen LogP contribution < -0.4 is 14.3 Å². The molecule has 4 aliphatic rings. The molecule has 1 aromatic carbocycles. The molecule has 4 heterocycles. The van der Waals surface area contributed by atoms with Gasteiger partial charge in [-0.2, -0.15) is 8.42 Å². The molecule has 3 saturated heterocycles. The second-order valence-corrected chi connectivity index (χ2v) is 8.67. The molecule has 2 N–H and O–H groups in total. The molecule has 0 radical (unpaired) electrons. The fraction of sp³-hybridized carbons (Fsp3) is 0.588. The van der Waals surface area contributed by atoms with Gasteiger partial charge in [0.2, 0.25) is 0 Å². The lowest BCUT2D eigenvalue weighted by Crippen LogP contribution is -2.57. The highest BCUT2D eigenvalue weighted by atomic mass is 32.2. The Hall–Kier alpha value is -1.84. The van der Waals surface area contributed by atoms with E-state index >= 15 is 0 Å². The lowest BCUT2D eigenvalue weighted by Gasteiger charge is -2.45. The zero-order valence-electron chi connectivity index (χ0n) is 14.8. The second-order valence-electron chi connectivity index (χ2n) is 7.07. The molecule has 5 rings (SSSR count). The van der Waals surface area contributed by atoms with Gasteiger partial charge in [0.05, 0.1) is 24.0 Å². The summed E-state index contributed by atoms with van der Waals surface area (Å²) in [4.78, 5) is 14.5. The first-order valence-corrected chi connectivity index (χ1v) is 10.4. The summed E-state index contributed by atoms with van der Waals surface area (Å²) in [6.07, 6.45) is 2.41. The monoisotopic (exact) mass is 380 g/mol. The number of piperidine rings is 3. The molecule has 26 heavy (non-hydrogen) atoms. The van der Waals surface area contributed by atoms with Gasteiger partial charge in [-0.05, 0) is 44.0 Å². The van der Waals surface area contributed by atoms with Crippen molar-refractivity contribution in [1.82, 2.24) is 10.2 Å². The highest BCUT2D eigenvalue weighted by Gasteiger charge is 2.37. The average molecular weight is 380 g/mol. The third-order valence-electron chi connectivity index (χ3n) is 5.60.